The Hall–Kier alpha value is -4.70. The quantitative estimate of drug-likeness (QED) is 0.133. The van der Waals surface area contributed by atoms with Crippen molar-refractivity contribution in [2.24, 2.45) is 0 Å². The molecule has 0 spiro atoms. The van der Waals surface area contributed by atoms with Crippen molar-refractivity contribution in [3.8, 4) is 17.7 Å². The van der Waals surface area contributed by atoms with Crippen LogP contribution in [0.15, 0.2) is 30.6 Å². The Balaban J connectivity index is 1.30. The number of aromatic amines is 1. The van der Waals surface area contributed by atoms with Crippen LogP contribution in [0.25, 0.3) is 11.0 Å². The summed E-state index contributed by atoms with van der Waals surface area (Å²) in [6.45, 7) is 4.59. The highest BCUT2D eigenvalue weighted by Gasteiger charge is 2.32. The molecule has 13 nitrogen and oxygen atoms in total. The van der Waals surface area contributed by atoms with Gasteiger partial charge in [0.2, 0.25) is 23.6 Å². The van der Waals surface area contributed by atoms with Crippen LogP contribution >= 0.6 is 0 Å². The normalized spacial score (nSPS) is 14.6. The molecule has 0 saturated carbocycles. The molecule has 1 saturated heterocycles. The van der Waals surface area contributed by atoms with E-state index in [-0.39, 0.29) is 11.8 Å². The van der Waals surface area contributed by atoms with E-state index in [2.05, 4.69) is 59.9 Å². The van der Waals surface area contributed by atoms with Crippen LogP contribution in [-0.2, 0) is 9.59 Å². The number of anilines is 3. The number of hydrogen-bond acceptors (Lipinski definition) is 10. The van der Waals surface area contributed by atoms with Crippen LogP contribution in [0, 0.1) is 11.8 Å². The van der Waals surface area contributed by atoms with Gasteiger partial charge in [0.15, 0.2) is 5.65 Å². The van der Waals surface area contributed by atoms with Gasteiger partial charge in [-0.25, -0.2) is 9.97 Å². The van der Waals surface area contributed by atoms with Crippen molar-refractivity contribution in [1.29, 1.82) is 0 Å². The summed E-state index contributed by atoms with van der Waals surface area (Å²) in [4.78, 5) is 42.4. The number of ether oxygens (including phenoxy) is 1. The fourth-order valence-electron chi connectivity index (χ4n) is 4.57. The summed E-state index contributed by atoms with van der Waals surface area (Å²) >= 11 is 0. The molecule has 2 amide bonds. The molecule has 4 heterocycles. The molecule has 228 valence electrons. The smallest absolute Gasteiger partial charge is 0.246 e. The molecule has 1 aliphatic heterocycles. The van der Waals surface area contributed by atoms with Gasteiger partial charge in [-0.1, -0.05) is 24.8 Å². The van der Waals surface area contributed by atoms with Gasteiger partial charge in [0.05, 0.1) is 36.1 Å². The van der Waals surface area contributed by atoms with Gasteiger partial charge in [-0.15, -0.1) is 5.10 Å². The van der Waals surface area contributed by atoms with E-state index in [1.165, 1.54) is 0 Å². The summed E-state index contributed by atoms with van der Waals surface area (Å²) in [5.74, 6) is 7.61. The average molecular weight is 589 g/mol. The molecule has 1 atom stereocenters. The molecule has 1 aliphatic rings. The van der Waals surface area contributed by atoms with Crippen LogP contribution < -0.4 is 20.7 Å². The number of methoxy groups -OCH3 is 1. The van der Waals surface area contributed by atoms with Crippen molar-refractivity contribution in [2.75, 3.05) is 58.0 Å². The topological polar surface area (TPSA) is 153 Å². The molecule has 4 rings (SSSR count). The van der Waals surface area contributed by atoms with Crippen LogP contribution in [0.2, 0.25) is 0 Å². The van der Waals surface area contributed by atoms with Gasteiger partial charge in [0, 0.05) is 38.7 Å². The molecule has 1 fully saturated rings. The maximum absolute atomic E-state index is 12.8. The Morgan fingerprint density at radius 3 is 2.91 bits per heavy atom. The third kappa shape index (κ3) is 8.65. The predicted molar refractivity (Wildman–Crippen MR) is 166 cm³/mol. The largest absolute Gasteiger partial charge is 0.479 e. The van der Waals surface area contributed by atoms with Gasteiger partial charge in [-0.3, -0.25) is 14.7 Å². The second-order valence-corrected chi connectivity index (χ2v) is 10.4. The average Bonchev–Trinajstić information content (AvgIpc) is 3.65. The highest BCUT2D eigenvalue weighted by Crippen LogP contribution is 2.25. The number of hydrogen-bond donors (Lipinski definition) is 4. The van der Waals surface area contributed by atoms with Gasteiger partial charge in [-0.2, -0.15) is 4.98 Å². The first kappa shape index (κ1) is 31.2. The monoisotopic (exact) mass is 588 g/mol. The molecule has 0 radical (unpaired) electrons. The Bertz CT molecular complexity index is 1490. The van der Waals surface area contributed by atoms with Crippen molar-refractivity contribution < 1.29 is 14.3 Å². The lowest BCUT2D eigenvalue weighted by Crippen LogP contribution is -2.45. The summed E-state index contributed by atoms with van der Waals surface area (Å²) in [5.41, 5.74) is 2.01. The zero-order chi connectivity index (χ0) is 30.6. The lowest BCUT2D eigenvalue weighted by molar-refractivity contribution is -0.135. The van der Waals surface area contributed by atoms with E-state index in [1.54, 1.807) is 30.5 Å². The Kier molecular flexibility index (Phi) is 11.3. The van der Waals surface area contributed by atoms with Crippen molar-refractivity contribution in [3.63, 3.8) is 0 Å². The number of aromatic nitrogens is 5. The van der Waals surface area contributed by atoms with E-state index >= 15 is 0 Å². The summed E-state index contributed by atoms with van der Waals surface area (Å²) in [6.07, 6.45) is 10.4. The zero-order valence-corrected chi connectivity index (χ0v) is 25.2. The Morgan fingerprint density at radius 1 is 1.26 bits per heavy atom. The summed E-state index contributed by atoms with van der Waals surface area (Å²) in [6, 6.07) is 1.45. The first-order valence-corrected chi connectivity index (χ1v) is 14.5. The zero-order valence-electron chi connectivity index (χ0n) is 25.2. The molecule has 0 aliphatic carbocycles. The van der Waals surface area contributed by atoms with Crippen LogP contribution in [0.4, 0.5) is 17.5 Å². The van der Waals surface area contributed by atoms with E-state index in [4.69, 9.17) is 4.74 Å². The van der Waals surface area contributed by atoms with Crippen LogP contribution in [0.3, 0.4) is 0 Å². The lowest BCUT2D eigenvalue weighted by atomic mass is 10.2. The summed E-state index contributed by atoms with van der Waals surface area (Å²) < 4.78 is 5.27. The second-order valence-electron chi connectivity index (χ2n) is 10.4. The molecule has 43 heavy (non-hydrogen) atoms. The number of carbonyl (C=O) groups excluding carboxylic acids is 2. The Labute approximate surface area is 251 Å². The number of nitrogens with one attached hydrogen (secondary N) is 4. The van der Waals surface area contributed by atoms with Gasteiger partial charge in [-0.05, 0) is 45.8 Å². The van der Waals surface area contributed by atoms with Crippen molar-refractivity contribution in [2.45, 2.75) is 45.1 Å². The van der Waals surface area contributed by atoms with Crippen molar-refractivity contribution >= 4 is 40.3 Å². The van der Waals surface area contributed by atoms with Crippen molar-refractivity contribution in [1.82, 2.24) is 40.3 Å². The molecular formula is C30H40N10O3. The Morgan fingerprint density at radius 2 is 2.12 bits per heavy atom. The maximum Gasteiger partial charge on any atom is 0.246 e. The molecule has 13 heteroatoms. The van der Waals surface area contributed by atoms with Gasteiger partial charge in [0.25, 0.3) is 0 Å². The van der Waals surface area contributed by atoms with E-state index in [0.717, 1.165) is 24.8 Å². The number of nitrogens with zero attached hydrogens (tertiary/aromatic N) is 6. The van der Waals surface area contributed by atoms with E-state index in [1.807, 2.05) is 31.1 Å². The second kappa shape index (κ2) is 15.5. The summed E-state index contributed by atoms with van der Waals surface area (Å²) in [5, 5.41) is 17.1. The number of H-pyrrole nitrogens is 1. The fraction of sp³-hybridized carbons (Fsp3) is 0.467. The molecule has 0 aromatic carbocycles. The number of unbranched alkanes of at least 4 members (excludes halogenated alkanes) is 1. The minimum absolute atomic E-state index is 0.108. The third-order valence-corrected chi connectivity index (χ3v) is 6.73. The minimum Gasteiger partial charge on any atom is -0.479 e. The highest BCUT2D eigenvalue weighted by molar-refractivity contribution is 5.93. The molecule has 0 bridgehead atoms. The standard InChI is InChI=1S/C30H40N10O3/c1-5-14-31-26-21(19-34-30(36-26)35-22-18-23-27(33-20-22)37-38-29(23)43-4)11-7-6-8-15-32-28(42)24-12-9-17-40(24)25(41)13-10-16-39(2)3/h10,13,18-20,24H,5-6,8-9,12,14-17H2,1-4H3,(H,32,42)(H,33,37,38)(H2,31,34,35,36)/b13-10+/t24-/m0/s1. The number of fused-ring (bicyclic) bond motifs is 1. The van der Waals surface area contributed by atoms with Crippen LogP contribution in [-0.4, -0.2) is 100 Å². The molecule has 3 aromatic rings. The number of pyridine rings is 1. The predicted octanol–water partition coefficient (Wildman–Crippen LogP) is 2.68. The van der Waals surface area contributed by atoms with E-state index in [0.29, 0.717) is 73.4 Å². The van der Waals surface area contributed by atoms with Crippen LogP contribution in [0.1, 0.15) is 44.6 Å². The first-order chi connectivity index (χ1) is 20.9. The van der Waals surface area contributed by atoms with Crippen molar-refractivity contribution in [3.05, 3.63) is 36.2 Å². The highest BCUT2D eigenvalue weighted by atomic mass is 16.5. The number of likely N-dealkylation sites (tertiary alicyclic amines) is 1. The summed E-state index contributed by atoms with van der Waals surface area (Å²) in [7, 11) is 5.44. The molecule has 3 aromatic heterocycles. The number of likely N-dealkylation sites (N-methyl/N-ethyl adjacent to an activating group) is 1. The molecule has 4 N–H and O–H groups in total. The number of rotatable bonds is 13. The third-order valence-electron chi connectivity index (χ3n) is 6.73. The molecular weight excluding hydrogens is 548 g/mol. The SMILES string of the molecule is CCCNc1nc(Nc2cnc3[nH]nc(OC)c3c2)ncc1C#CCCCNC(=O)[C@@H]1CCCN1C(=O)/C=C/CN(C)C. The molecule has 0 unspecified atom stereocenters. The lowest BCUT2D eigenvalue weighted by Gasteiger charge is -2.22. The number of carbonyl (C=O) groups is 2. The maximum atomic E-state index is 12.8. The van der Waals surface area contributed by atoms with E-state index in [9.17, 15) is 9.59 Å². The van der Waals surface area contributed by atoms with Gasteiger partial charge < -0.3 is 30.5 Å². The van der Waals surface area contributed by atoms with Crippen LogP contribution in [0.5, 0.6) is 5.88 Å². The van der Waals surface area contributed by atoms with E-state index < -0.39 is 6.04 Å². The van der Waals surface area contributed by atoms with Gasteiger partial charge >= 0.3 is 0 Å². The van der Waals surface area contributed by atoms with Gasteiger partial charge in [0.1, 0.15) is 11.9 Å². The minimum atomic E-state index is -0.418. The fourth-order valence-corrected chi connectivity index (χ4v) is 4.57. The number of amides is 2. The first-order valence-electron chi connectivity index (χ1n) is 14.5.